The van der Waals surface area contributed by atoms with Crippen molar-refractivity contribution in [3.8, 4) is 0 Å². The summed E-state index contributed by atoms with van der Waals surface area (Å²) in [4.78, 5) is 2.26. The Labute approximate surface area is 114 Å². The van der Waals surface area contributed by atoms with Crippen LogP contribution in [0.25, 0.3) is 0 Å². The molecule has 0 aromatic heterocycles. The van der Waals surface area contributed by atoms with E-state index in [1.807, 2.05) is 6.20 Å². The number of fused-ring (bicyclic) bond motifs is 3. The highest BCUT2D eigenvalue weighted by Crippen LogP contribution is 2.48. The molecule has 1 heterocycles. The maximum atomic E-state index is 5.26. The standard InChI is InChI=1S/C17H19NO/c1-4-18-15-8-6-5-7-14(15)17(2)11-13(12-19-3)9-10-16(17)18/h4-11,16H,1,12H2,2-3H3. The van der Waals surface area contributed by atoms with Gasteiger partial charge in [-0.15, -0.1) is 0 Å². The Hall–Kier alpha value is -1.80. The SMILES string of the molecule is C=CN1c2ccccc2C2(C)C=C(COC)C=CC12. The van der Waals surface area contributed by atoms with E-state index in [9.17, 15) is 0 Å². The first-order valence-electron chi connectivity index (χ1n) is 6.60. The number of hydrogen-bond donors (Lipinski definition) is 0. The lowest BCUT2D eigenvalue weighted by atomic mass is 9.74. The molecule has 0 spiro atoms. The zero-order chi connectivity index (χ0) is 13.5. The average Bonchev–Trinajstić information content (AvgIpc) is 2.67. The van der Waals surface area contributed by atoms with Crippen LogP contribution in [0.1, 0.15) is 12.5 Å². The Kier molecular flexibility index (Phi) is 2.83. The van der Waals surface area contributed by atoms with E-state index >= 15 is 0 Å². The van der Waals surface area contributed by atoms with Crippen LogP contribution in [0.5, 0.6) is 0 Å². The molecule has 3 rings (SSSR count). The minimum Gasteiger partial charge on any atom is -0.380 e. The molecule has 98 valence electrons. The number of anilines is 1. The highest BCUT2D eigenvalue weighted by atomic mass is 16.5. The normalized spacial score (nSPS) is 27.8. The minimum absolute atomic E-state index is 0.00655. The van der Waals surface area contributed by atoms with Gasteiger partial charge in [-0.1, -0.05) is 43.0 Å². The molecular weight excluding hydrogens is 234 g/mol. The fourth-order valence-electron chi connectivity index (χ4n) is 3.32. The number of methoxy groups -OCH3 is 1. The number of para-hydroxylation sites is 1. The third kappa shape index (κ3) is 1.67. The third-order valence-corrected chi connectivity index (χ3v) is 4.16. The van der Waals surface area contributed by atoms with E-state index in [0.717, 1.165) is 0 Å². The molecule has 2 heteroatoms. The van der Waals surface area contributed by atoms with Crippen LogP contribution in [0, 0.1) is 0 Å². The van der Waals surface area contributed by atoms with Gasteiger partial charge in [-0.25, -0.2) is 0 Å². The van der Waals surface area contributed by atoms with Crippen molar-refractivity contribution in [2.75, 3.05) is 18.6 Å². The van der Waals surface area contributed by atoms with Gasteiger partial charge < -0.3 is 9.64 Å². The first-order valence-corrected chi connectivity index (χ1v) is 6.60. The first kappa shape index (κ1) is 12.2. The molecule has 0 bridgehead atoms. The van der Waals surface area contributed by atoms with Gasteiger partial charge in [0.05, 0.1) is 12.6 Å². The number of rotatable bonds is 3. The Morgan fingerprint density at radius 1 is 1.42 bits per heavy atom. The molecule has 1 aliphatic heterocycles. The number of ether oxygens (including phenoxy) is 1. The van der Waals surface area contributed by atoms with E-state index in [2.05, 4.69) is 60.9 Å². The molecule has 0 radical (unpaired) electrons. The van der Waals surface area contributed by atoms with E-state index < -0.39 is 0 Å². The van der Waals surface area contributed by atoms with Gasteiger partial charge >= 0.3 is 0 Å². The lowest BCUT2D eigenvalue weighted by Gasteiger charge is -2.34. The smallest absolute Gasteiger partial charge is 0.0710 e. The van der Waals surface area contributed by atoms with Gasteiger partial charge in [0.1, 0.15) is 0 Å². The average molecular weight is 253 g/mol. The van der Waals surface area contributed by atoms with Crippen LogP contribution < -0.4 is 4.90 Å². The molecule has 0 saturated carbocycles. The predicted octanol–water partition coefficient (Wildman–Crippen LogP) is 3.42. The van der Waals surface area contributed by atoms with Crippen molar-refractivity contribution in [3.63, 3.8) is 0 Å². The summed E-state index contributed by atoms with van der Waals surface area (Å²) in [5.74, 6) is 0. The minimum atomic E-state index is -0.00655. The Bertz CT molecular complexity index is 572. The van der Waals surface area contributed by atoms with Crippen molar-refractivity contribution in [3.05, 3.63) is 66.4 Å². The van der Waals surface area contributed by atoms with Crippen LogP contribution >= 0.6 is 0 Å². The van der Waals surface area contributed by atoms with Gasteiger partial charge in [0, 0.05) is 18.2 Å². The van der Waals surface area contributed by atoms with E-state index in [1.54, 1.807) is 7.11 Å². The molecule has 2 nitrogen and oxygen atoms in total. The van der Waals surface area contributed by atoms with Crippen molar-refractivity contribution in [2.24, 2.45) is 0 Å². The molecule has 2 atom stereocenters. The fourth-order valence-corrected chi connectivity index (χ4v) is 3.32. The zero-order valence-corrected chi connectivity index (χ0v) is 11.5. The third-order valence-electron chi connectivity index (χ3n) is 4.16. The van der Waals surface area contributed by atoms with E-state index in [-0.39, 0.29) is 5.41 Å². The molecule has 0 saturated heterocycles. The molecule has 0 amide bonds. The van der Waals surface area contributed by atoms with E-state index in [1.165, 1.54) is 16.8 Å². The lowest BCUT2D eigenvalue weighted by molar-refractivity contribution is 0.227. The molecular formula is C17H19NO. The molecule has 0 fully saturated rings. The summed E-state index contributed by atoms with van der Waals surface area (Å²) in [6.45, 7) is 6.92. The van der Waals surface area contributed by atoms with Gasteiger partial charge in [-0.2, -0.15) is 0 Å². The molecule has 2 unspecified atom stereocenters. The molecule has 0 N–H and O–H groups in total. The summed E-state index contributed by atoms with van der Waals surface area (Å²) < 4.78 is 5.26. The van der Waals surface area contributed by atoms with Gasteiger partial charge in [-0.05, 0) is 30.3 Å². The van der Waals surface area contributed by atoms with Crippen LogP contribution in [0.15, 0.2) is 60.8 Å². The topological polar surface area (TPSA) is 12.5 Å². The van der Waals surface area contributed by atoms with Crippen molar-refractivity contribution in [1.82, 2.24) is 0 Å². The zero-order valence-electron chi connectivity index (χ0n) is 11.5. The lowest BCUT2D eigenvalue weighted by Crippen LogP contribution is -2.39. The fraction of sp³-hybridized carbons (Fsp3) is 0.294. The summed E-state index contributed by atoms with van der Waals surface area (Å²) in [5, 5.41) is 0. The summed E-state index contributed by atoms with van der Waals surface area (Å²) in [6.07, 6.45) is 8.69. The Balaban J connectivity index is 2.14. The number of hydrogen-bond acceptors (Lipinski definition) is 2. The van der Waals surface area contributed by atoms with E-state index in [0.29, 0.717) is 12.6 Å². The number of nitrogens with zero attached hydrogens (tertiary/aromatic N) is 1. The van der Waals surface area contributed by atoms with Crippen LogP contribution in [0.2, 0.25) is 0 Å². The van der Waals surface area contributed by atoms with Crippen LogP contribution in [0.3, 0.4) is 0 Å². The molecule has 1 aromatic carbocycles. The highest BCUT2D eigenvalue weighted by Gasteiger charge is 2.45. The molecule has 1 aliphatic carbocycles. The summed E-state index contributed by atoms with van der Waals surface area (Å²) >= 11 is 0. The second-order valence-corrected chi connectivity index (χ2v) is 5.35. The molecule has 1 aromatic rings. The first-order chi connectivity index (χ1) is 9.20. The largest absolute Gasteiger partial charge is 0.380 e. The van der Waals surface area contributed by atoms with Gasteiger partial charge in [0.25, 0.3) is 0 Å². The summed E-state index contributed by atoms with van der Waals surface area (Å²) in [6, 6.07) is 8.88. The quantitative estimate of drug-likeness (QED) is 0.818. The Morgan fingerprint density at radius 2 is 2.21 bits per heavy atom. The summed E-state index contributed by atoms with van der Waals surface area (Å²) in [7, 11) is 1.74. The number of benzene rings is 1. The Morgan fingerprint density at radius 3 is 2.95 bits per heavy atom. The van der Waals surface area contributed by atoms with Crippen molar-refractivity contribution < 1.29 is 4.74 Å². The second kappa shape index (κ2) is 4.39. The maximum Gasteiger partial charge on any atom is 0.0710 e. The highest BCUT2D eigenvalue weighted by molar-refractivity contribution is 5.70. The van der Waals surface area contributed by atoms with Crippen LogP contribution in [-0.4, -0.2) is 19.8 Å². The molecule has 2 aliphatic rings. The van der Waals surface area contributed by atoms with Crippen molar-refractivity contribution >= 4 is 5.69 Å². The maximum absolute atomic E-state index is 5.26. The van der Waals surface area contributed by atoms with Gasteiger partial charge in [0.15, 0.2) is 0 Å². The van der Waals surface area contributed by atoms with Gasteiger partial charge in [-0.3, -0.25) is 0 Å². The second-order valence-electron chi connectivity index (χ2n) is 5.35. The molecule has 19 heavy (non-hydrogen) atoms. The predicted molar refractivity (Wildman–Crippen MR) is 79.4 cm³/mol. The van der Waals surface area contributed by atoms with Crippen LogP contribution in [-0.2, 0) is 10.2 Å². The van der Waals surface area contributed by atoms with Crippen LogP contribution in [0.4, 0.5) is 5.69 Å². The monoisotopic (exact) mass is 253 g/mol. The van der Waals surface area contributed by atoms with Crippen molar-refractivity contribution in [1.29, 1.82) is 0 Å². The van der Waals surface area contributed by atoms with E-state index in [4.69, 9.17) is 4.74 Å². The van der Waals surface area contributed by atoms with Gasteiger partial charge in [0.2, 0.25) is 0 Å². The van der Waals surface area contributed by atoms with Crippen molar-refractivity contribution in [2.45, 2.75) is 18.4 Å². The summed E-state index contributed by atoms with van der Waals surface area (Å²) in [5.41, 5.74) is 3.84.